The summed E-state index contributed by atoms with van der Waals surface area (Å²) in [7, 11) is 1.53. The highest BCUT2D eigenvalue weighted by Gasteiger charge is 2.44. The van der Waals surface area contributed by atoms with E-state index in [-0.39, 0.29) is 24.8 Å². The molecule has 4 rings (SSSR count). The molecule has 0 aliphatic carbocycles. The van der Waals surface area contributed by atoms with E-state index < -0.39 is 11.9 Å². The molecule has 7 heteroatoms. The van der Waals surface area contributed by atoms with Crippen LogP contribution in [0.5, 0.6) is 5.75 Å². The first kappa shape index (κ1) is 25.5. The molecule has 1 saturated heterocycles. The van der Waals surface area contributed by atoms with Crippen molar-refractivity contribution in [3.05, 3.63) is 94.5 Å². The van der Waals surface area contributed by atoms with E-state index in [9.17, 15) is 14.4 Å². The lowest BCUT2D eigenvalue weighted by atomic mass is 10.0. The van der Waals surface area contributed by atoms with Crippen LogP contribution < -0.4 is 9.64 Å². The van der Waals surface area contributed by atoms with E-state index in [2.05, 4.69) is 13.8 Å². The normalized spacial score (nSPS) is 15.5. The summed E-state index contributed by atoms with van der Waals surface area (Å²) in [5.74, 6) is -0.192. The van der Waals surface area contributed by atoms with Crippen LogP contribution >= 0.6 is 11.6 Å². The van der Waals surface area contributed by atoms with E-state index in [4.69, 9.17) is 16.3 Å². The first-order valence-electron chi connectivity index (χ1n) is 11.9. The minimum absolute atomic E-state index is 0.0734. The Morgan fingerprint density at radius 3 is 2.44 bits per heavy atom. The number of hydrogen-bond acceptors (Lipinski definition) is 4. The predicted molar refractivity (Wildman–Crippen MR) is 141 cm³/mol. The third-order valence-corrected chi connectivity index (χ3v) is 6.66. The molecule has 186 valence electrons. The average molecular weight is 505 g/mol. The smallest absolute Gasteiger partial charge is 0.257 e. The van der Waals surface area contributed by atoms with Gasteiger partial charge in [-0.2, -0.15) is 0 Å². The summed E-state index contributed by atoms with van der Waals surface area (Å²) in [5.41, 5.74) is 2.95. The molecule has 36 heavy (non-hydrogen) atoms. The SMILES string of the molecule is COc1cccc(C(=O)N(CCc2cccc(Cl)c2)C2CC(=O)N(c3ccc(C(C)C)cc3)C2=O)c1. The van der Waals surface area contributed by atoms with Crippen LogP contribution in [0.3, 0.4) is 0 Å². The number of carbonyl (C=O) groups excluding carboxylic acids is 3. The van der Waals surface area contributed by atoms with Gasteiger partial charge in [0.05, 0.1) is 19.2 Å². The lowest BCUT2D eigenvalue weighted by molar-refractivity contribution is -0.122. The fraction of sp³-hybridized carbons (Fsp3) is 0.276. The first-order valence-corrected chi connectivity index (χ1v) is 12.3. The van der Waals surface area contributed by atoms with E-state index in [1.807, 2.05) is 30.3 Å². The molecule has 0 radical (unpaired) electrons. The summed E-state index contributed by atoms with van der Waals surface area (Å²) in [5, 5.41) is 0.598. The molecule has 6 nitrogen and oxygen atoms in total. The Morgan fingerprint density at radius 1 is 1.06 bits per heavy atom. The van der Waals surface area contributed by atoms with Crippen molar-refractivity contribution in [2.75, 3.05) is 18.6 Å². The number of anilines is 1. The Bertz CT molecular complexity index is 1270. The molecule has 0 N–H and O–H groups in total. The maximum absolute atomic E-state index is 13.7. The van der Waals surface area contributed by atoms with Gasteiger partial charge in [-0.3, -0.25) is 14.4 Å². The van der Waals surface area contributed by atoms with Crippen LogP contribution in [0.25, 0.3) is 0 Å². The topological polar surface area (TPSA) is 66.9 Å². The number of halogens is 1. The number of ether oxygens (including phenoxy) is 1. The highest BCUT2D eigenvalue weighted by atomic mass is 35.5. The molecule has 1 aliphatic rings. The summed E-state index contributed by atoms with van der Waals surface area (Å²) in [6.45, 7) is 4.42. The molecule has 1 heterocycles. The Balaban J connectivity index is 1.64. The molecular weight excluding hydrogens is 476 g/mol. The molecular formula is C29H29ClN2O4. The fourth-order valence-electron chi connectivity index (χ4n) is 4.40. The molecule has 0 saturated carbocycles. The van der Waals surface area contributed by atoms with Gasteiger partial charge >= 0.3 is 0 Å². The summed E-state index contributed by atoms with van der Waals surface area (Å²) in [4.78, 5) is 43.0. The molecule has 0 aromatic heterocycles. The molecule has 1 aliphatic heterocycles. The van der Waals surface area contributed by atoms with Crippen LogP contribution in [-0.2, 0) is 16.0 Å². The van der Waals surface area contributed by atoms with Crippen molar-refractivity contribution in [1.82, 2.24) is 4.90 Å². The van der Waals surface area contributed by atoms with Crippen LogP contribution in [0.15, 0.2) is 72.8 Å². The van der Waals surface area contributed by atoms with Crippen molar-refractivity contribution in [2.45, 2.75) is 38.6 Å². The molecule has 1 atom stereocenters. The highest BCUT2D eigenvalue weighted by Crippen LogP contribution is 2.29. The van der Waals surface area contributed by atoms with Gasteiger partial charge in [0.2, 0.25) is 5.91 Å². The number of imide groups is 1. The molecule has 3 amide bonds. The largest absolute Gasteiger partial charge is 0.497 e. The second-order valence-corrected chi connectivity index (χ2v) is 9.58. The van der Waals surface area contributed by atoms with Gasteiger partial charge in [-0.25, -0.2) is 4.90 Å². The number of benzene rings is 3. The number of amides is 3. The van der Waals surface area contributed by atoms with Crippen LogP contribution in [0.2, 0.25) is 5.02 Å². The van der Waals surface area contributed by atoms with Crippen molar-refractivity contribution >= 4 is 35.0 Å². The standard InChI is InChI=1S/C29H29ClN2O4/c1-19(2)21-10-12-24(13-11-21)32-27(33)18-26(29(32)35)31(15-14-20-6-4-8-23(30)16-20)28(34)22-7-5-9-25(17-22)36-3/h4-13,16-17,19,26H,14-15,18H2,1-3H3. The van der Waals surface area contributed by atoms with Gasteiger partial charge < -0.3 is 9.64 Å². The van der Waals surface area contributed by atoms with Crippen molar-refractivity contribution in [3.8, 4) is 5.75 Å². The van der Waals surface area contributed by atoms with Crippen LogP contribution in [0.1, 0.15) is 47.7 Å². The molecule has 1 unspecified atom stereocenters. The van der Waals surface area contributed by atoms with E-state index in [1.54, 1.807) is 42.5 Å². The predicted octanol–water partition coefficient (Wildman–Crippen LogP) is 5.49. The zero-order chi connectivity index (χ0) is 25.8. The van der Waals surface area contributed by atoms with Crippen molar-refractivity contribution in [3.63, 3.8) is 0 Å². The second kappa shape index (κ2) is 11.0. The maximum atomic E-state index is 13.7. The summed E-state index contributed by atoms with van der Waals surface area (Å²) < 4.78 is 5.28. The van der Waals surface area contributed by atoms with Crippen molar-refractivity contribution < 1.29 is 19.1 Å². The molecule has 0 spiro atoms. The van der Waals surface area contributed by atoms with Gasteiger partial charge in [0.15, 0.2) is 0 Å². The van der Waals surface area contributed by atoms with Gasteiger partial charge in [0.25, 0.3) is 11.8 Å². The van der Waals surface area contributed by atoms with E-state index >= 15 is 0 Å². The molecule has 3 aromatic carbocycles. The number of methoxy groups -OCH3 is 1. The van der Waals surface area contributed by atoms with Crippen LogP contribution in [0.4, 0.5) is 5.69 Å². The summed E-state index contributed by atoms with van der Waals surface area (Å²) >= 11 is 6.14. The van der Waals surface area contributed by atoms with Gasteiger partial charge in [-0.1, -0.05) is 55.8 Å². The van der Waals surface area contributed by atoms with E-state index in [0.29, 0.717) is 34.4 Å². The van der Waals surface area contributed by atoms with Crippen LogP contribution in [0, 0.1) is 0 Å². The van der Waals surface area contributed by atoms with Crippen molar-refractivity contribution in [2.24, 2.45) is 0 Å². The quantitative estimate of drug-likeness (QED) is 0.380. The molecule has 0 bridgehead atoms. The average Bonchev–Trinajstić information content (AvgIpc) is 3.17. The third kappa shape index (κ3) is 5.44. The third-order valence-electron chi connectivity index (χ3n) is 6.42. The highest BCUT2D eigenvalue weighted by molar-refractivity contribution is 6.30. The monoisotopic (exact) mass is 504 g/mol. The van der Waals surface area contributed by atoms with Gasteiger partial charge in [0.1, 0.15) is 11.8 Å². The number of nitrogens with zero attached hydrogens (tertiary/aromatic N) is 2. The molecule has 3 aromatic rings. The maximum Gasteiger partial charge on any atom is 0.257 e. The van der Waals surface area contributed by atoms with Gasteiger partial charge in [-0.15, -0.1) is 0 Å². The minimum atomic E-state index is -0.903. The van der Waals surface area contributed by atoms with E-state index in [0.717, 1.165) is 11.1 Å². The Hall–Kier alpha value is -3.64. The Morgan fingerprint density at radius 2 is 1.78 bits per heavy atom. The van der Waals surface area contributed by atoms with Crippen LogP contribution in [-0.4, -0.2) is 42.3 Å². The Labute approximate surface area is 216 Å². The lowest BCUT2D eigenvalue weighted by Gasteiger charge is -2.28. The fourth-order valence-corrected chi connectivity index (χ4v) is 4.61. The number of hydrogen-bond donors (Lipinski definition) is 0. The van der Waals surface area contributed by atoms with E-state index in [1.165, 1.54) is 16.9 Å². The number of rotatable bonds is 8. The summed E-state index contributed by atoms with van der Waals surface area (Å²) in [6, 6.07) is 20.7. The van der Waals surface area contributed by atoms with Gasteiger partial charge in [0, 0.05) is 17.1 Å². The molecule has 1 fully saturated rings. The number of carbonyl (C=O) groups is 3. The Kier molecular flexibility index (Phi) is 7.75. The zero-order valence-corrected chi connectivity index (χ0v) is 21.4. The lowest BCUT2D eigenvalue weighted by Crippen LogP contribution is -2.46. The van der Waals surface area contributed by atoms with Crippen molar-refractivity contribution in [1.29, 1.82) is 0 Å². The second-order valence-electron chi connectivity index (χ2n) is 9.14. The summed E-state index contributed by atoms with van der Waals surface area (Å²) in [6.07, 6.45) is 0.410. The van der Waals surface area contributed by atoms with Gasteiger partial charge in [-0.05, 0) is 65.9 Å². The minimum Gasteiger partial charge on any atom is -0.497 e. The zero-order valence-electron chi connectivity index (χ0n) is 20.6. The first-order chi connectivity index (χ1) is 17.3.